The largest absolute Gasteiger partial charge is 0.324 e. The van der Waals surface area contributed by atoms with Crippen LogP contribution in [0.3, 0.4) is 0 Å². The van der Waals surface area contributed by atoms with Crippen LogP contribution in [0.5, 0.6) is 0 Å². The third kappa shape index (κ3) is 3.18. The van der Waals surface area contributed by atoms with Crippen molar-refractivity contribution in [2.45, 2.75) is 38.1 Å². The Balaban J connectivity index is 0.00000162. The number of rotatable bonds is 2. The van der Waals surface area contributed by atoms with E-state index >= 15 is 0 Å². The first-order valence-corrected chi connectivity index (χ1v) is 5.99. The summed E-state index contributed by atoms with van der Waals surface area (Å²) in [5.41, 5.74) is 6.36. The molecule has 1 atom stereocenters. The first kappa shape index (κ1) is 15.3. The molecule has 0 spiro atoms. The van der Waals surface area contributed by atoms with E-state index in [0.29, 0.717) is 5.56 Å². The summed E-state index contributed by atoms with van der Waals surface area (Å²) >= 11 is 0. The molecule has 0 saturated heterocycles. The van der Waals surface area contributed by atoms with Crippen molar-refractivity contribution in [2.24, 2.45) is 11.7 Å². The fourth-order valence-electron chi connectivity index (χ4n) is 2.53. The minimum atomic E-state index is -1.43. The molecule has 1 nitrogen and oxygen atoms in total. The van der Waals surface area contributed by atoms with E-state index < -0.39 is 23.5 Å². The Morgan fingerprint density at radius 3 is 2.00 bits per heavy atom. The molecule has 102 valence electrons. The molecule has 2 N–H and O–H groups in total. The Morgan fingerprint density at radius 2 is 1.50 bits per heavy atom. The predicted molar refractivity (Wildman–Crippen MR) is 67.1 cm³/mol. The van der Waals surface area contributed by atoms with Crippen molar-refractivity contribution < 1.29 is 13.2 Å². The molecule has 18 heavy (non-hydrogen) atoms. The van der Waals surface area contributed by atoms with Gasteiger partial charge in [0.25, 0.3) is 0 Å². The molecule has 0 aliphatic heterocycles. The second-order valence-electron chi connectivity index (χ2n) is 4.72. The SMILES string of the molecule is Cl.N[C@H](c1cc(F)c(F)c(F)c1)C1CCCCC1. The Hall–Kier alpha value is -0.740. The first-order chi connectivity index (χ1) is 8.09. The summed E-state index contributed by atoms with van der Waals surface area (Å²) < 4.78 is 39.0. The molecule has 1 aromatic carbocycles. The van der Waals surface area contributed by atoms with E-state index in [9.17, 15) is 13.2 Å². The number of halogens is 4. The molecule has 1 saturated carbocycles. The highest BCUT2D eigenvalue weighted by Crippen LogP contribution is 2.33. The van der Waals surface area contributed by atoms with Gasteiger partial charge in [0.1, 0.15) is 0 Å². The van der Waals surface area contributed by atoms with Gasteiger partial charge in [0.15, 0.2) is 17.5 Å². The Labute approximate surface area is 111 Å². The zero-order valence-electron chi connectivity index (χ0n) is 9.96. The maximum atomic E-state index is 13.1. The zero-order valence-corrected chi connectivity index (χ0v) is 10.8. The summed E-state index contributed by atoms with van der Waals surface area (Å²) in [5, 5.41) is 0. The molecule has 0 unspecified atom stereocenters. The van der Waals surface area contributed by atoms with E-state index in [2.05, 4.69) is 0 Å². The van der Waals surface area contributed by atoms with E-state index in [-0.39, 0.29) is 18.3 Å². The van der Waals surface area contributed by atoms with Crippen molar-refractivity contribution in [3.05, 3.63) is 35.1 Å². The van der Waals surface area contributed by atoms with Crippen LogP contribution in [0.4, 0.5) is 13.2 Å². The number of benzene rings is 1. The maximum Gasteiger partial charge on any atom is 0.194 e. The summed E-state index contributed by atoms with van der Waals surface area (Å²) in [4.78, 5) is 0. The highest BCUT2D eigenvalue weighted by molar-refractivity contribution is 5.85. The van der Waals surface area contributed by atoms with Gasteiger partial charge in [-0.3, -0.25) is 0 Å². The fourth-order valence-corrected chi connectivity index (χ4v) is 2.53. The predicted octanol–water partition coefficient (Wildman–Crippen LogP) is 4.11. The van der Waals surface area contributed by atoms with Gasteiger partial charge < -0.3 is 5.73 Å². The summed E-state index contributed by atoms with van der Waals surface area (Å²) in [6, 6.07) is 1.62. The van der Waals surface area contributed by atoms with Gasteiger partial charge >= 0.3 is 0 Å². The maximum absolute atomic E-state index is 13.1. The van der Waals surface area contributed by atoms with E-state index in [1.54, 1.807) is 0 Å². The van der Waals surface area contributed by atoms with Crippen molar-refractivity contribution in [1.82, 2.24) is 0 Å². The van der Waals surface area contributed by atoms with Crippen LogP contribution in [-0.4, -0.2) is 0 Å². The van der Waals surface area contributed by atoms with Crippen LogP contribution in [0.25, 0.3) is 0 Å². The Morgan fingerprint density at radius 1 is 1.00 bits per heavy atom. The Kier molecular flexibility index (Phi) is 5.47. The van der Waals surface area contributed by atoms with Crippen LogP contribution in [-0.2, 0) is 0 Å². The molecule has 0 heterocycles. The smallest absolute Gasteiger partial charge is 0.194 e. The van der Waals surface area contributed by atoms with Crippen molar-refractivity contribution in [3.63, 3.8) is 0 Å². The van der Waals surface area contributed by atoms with Crippen LogP contribution in [0.15, 0.2) is 12.1 Å². The van der Waals surface area contributed by atoms with E-state index in [1.165, 1.54) is 6.42 Å². The molecule has 1 fully saturated rings. The fraction of sp³-hybridized carbons (Fsp3) is 0.538. The number of hydrogen-bond donors (Lipinski definition) is 1. The minimum absolute atomic E-state index is 0. The van der Waals surface area contributed by atoms with Crippen molar-refractivity contribution >= 4 is 12.4 Å². The van der Waals surface area contributed by atoms with E-state index in [4.69, 9.17) is 5.73 Å². The quantitative estimate of drug-likeness (QED) is 0.810. The van der Waals surface area contributed by atoms with Gasteiger partial charge in [-0.1, -0.05) is 19.3 Å². The molecule has 2 rings (SSSR count). The van der Waals surface area contributed by atoms with E-state index in [0.717, 1.165) is 37.8 Å². The van der Waals surface area contributed by atoms with Gasteiger partial charge in [-0.15, -0.1) is 12.4 Å². The van der Waals surface area contributed by atoms with Crippen molar-refractivity contribution in [3.8, 4) is 0 Å². The van der Waals surface area contributed by atoms with Crippen LogP contribution >= 0.6 is 12.4 Å². The summed E-state index contributed by atoms with van der Waals surface area (Å²) in [7, 11) is 0. The molecule has 1 aromatic rings. The standard InChI is InChI=1S/C13H16F3N.ClH/c14-10-6-9(7-11(15)12(10)16)13(17)8-4-2-1-3-5-8;/h6-8,13H,1-5,17H2;1H/t13-;/m0./s1. The highest BCUT2D eigenvalue weighted by Gasteiger charge is 2.23. The van der Waals surface area contributed by atoms with Crippen LogP contribution < -0.4 is 5.73 Å². The molecule has 0 amide bonds. The molecule has 1 aliphatic rings. The topological polar surface area (TPSA) is 26.0 Å². The van der Waals surface area contributed by atoms with Gasteiger partial charge in [0, 0.05) is 6.04 Å². The molecule has 5 heteroatoms. The third-order valence-corrected chi connectivity index (χ3v) is 3.55. The van der Waals surface area contributed by atoms with Gasteiger partial charge in [0.2, 0.25) is 0 Å². The monoisotopic (exact) mass is 279 g/mol. The molecule has 0 bridgehead atoms. The highest BCUT2D eigenvalue weighted by atomic mass is 35.5. The van der Waals surface area contributed by atoms with Gasteiger partial charge in [-0.25, -0.2) is 13.2 Å². The van der Waals surface area contributed by atoms with Gasteiger partial charge in [-0.2, -0.15) is 0 Å². The normalized spacial score (nSPS) is 18.2. The number of nitrogens with two attached hydrogens (primary N) is 1. The Bertz CT molecular complexity index is 382. The molecule has 0 radical (unpaired) electrons. The third-order valence-electron chi connectivity index (χ3n) is 3.55. The molecular formula is C13H17ClF3N. The van der Waals surface area contributed by atoms with Gasteiger partial charge in [0.05, 0.1) is 0 Å². The second-order valence-corrected chi connectivity index (χ2v) is 4.72. The average Bonchev–Trinajstić information content (AvgIpc) is 2.35. The second kappa shape index (κ2) is 6.43. The number of hydrogen-bond acceptors (Lipinski definition) is 1. The average molecular weight is 280 g/mol. The first-order valence-electron chi connectivity index (χ1n) is 5.99. The summed E-state index contributed by atoms with van der Waals surface area (Å²) in [6.07, 6.45) is 5.34. The lowest BCUT2D eigenvalue weighted by Gasteiger charge is -2.27. The molecular weight excluding hydrogens is 263 g/mol. The summed E-state index contributed by atoms with van der Waals surface area (Å²) in [5.74, 6) is -3.50. The van der Waals surface area contributed by atoms with Crippen LogP contribution in [0.1, 0.15) is 43.7 Å². The van der Waals surface area contributed by atoms with Crippen molar-refractivity contribution in [1.29, 1.82) is 0 Å². The lowest BCUT2D eigenvalue weighted by Crippen LogP contribution is -2.24. The van der Waals surface area contributed by atoms with E-state index in [1.807, 2.05) is 0 Å². The van der Waals surface area contributed by atoms with Gasteiger partial charge in [-0.05, 0) is 36.5 Å². The van der Waals surface area contributed by atoms with Crippen LogP contribution in [0.2, 0.25) is 0 Å². The molecule has 1 aliphatic carbocycles. The van der Waals surface area contributed by atoms with Crippen molar-refractivity contribution in [2.75, 3.05) is 0 Å². The lowest BCUT2D eigenvalue weighted by molar-refractivity contribution is 0.306. The lowest BCUT2D eigenvalue weighted by atomic mass is 9.81. The molecule has 0 aromatic heterocycles. The zero-order chi connectivity index (χ0) is 12.4. The summed E-state index contributed by atoms with van der Waals surface area (Å²) in [6.45, 7) is 0. The minimum Gasteiger partial charge on any atom is -0.324 e. The van der Waals surface area contributed by atoms with Crippen LogP contribution in [0, 0.1) is 23.4 Å².